The summed E-state index contributed by atoms with van der Waals surface area (Å²) in [7, 11) is 0. The molecule has 1 heterocycles. The number of ketones is 1. The van der Waals surface area contributed by atoms with Crippen molar-refractivity contribution in [2.75, 3.05) is 39.3 Å². The highest BCUT2D eigenvalue weighted by Crippen LogP contribution is 2.35. The topological polar surface area (TPSA) is 64.9 Å². The summed E-state index contributed by atoms with van der Waals surface area (Å²) in [4.78, 5) is 19.1. The maximum atomic E-state index is 12.4. The molecule has 1 fully saturated rings. The van der Waals surface area contributed by atoms with Crippen LogP contribution < -0.4 is 5.32 Å². The molecule has 0 bridgehead atoms. The zero-order valence-electron chi connectivity index (χ0n) is 14.5. The summed E-state index contributed by atoms with van der Waals surface area (Å²) in [5.41, 5.74) is 1.25. The molecule has 1 saturated heterocycles. The van der Waals surface area contributed by atoms with Crippen LogP contribution in [0.4, 0.5) is 0 Å². The van der Waals surface area contributed by atoms with E-state index in [0.29, 0.717) is 35.0 Å². The number of piperazine rings is 1. The minimum absolute atomic E-state index is 0.0873. The standard InChI is InChI=1S/C19H23Cl2N3O2/c20-16-2-1-13(9-17(16)21)14-10-18(25)15(19(26)11-14)12-23-5-8-24-6-3-22-4-7-24/h1-2,9,12,14,22,25H,3-8,10-11H2. The van der Waals surface area contributed by atoms with Crippen molar-refractivity contribution in [3.05, 3.63) is 45.1 Å². The summed E-state index contributed by atoms with van der Waals surface area (Å²) in [6.07, 6.45) is 2.27. The van der Waals surface area contributed by atoms with Crippen LogP contribution in [0.1, 0.15) is 24.3 Å². The lowest BCUT2D eigenvalue weighted by atomic mass is 9.83. The highest BCUT2D eigenvalue weighted by molar-refractivity contribution is 6.42. The Hall–Kier alpha value is -1.40. The first-order valence-electron chi connectivity index (χ1n) is 8.87. The maximum absolute atomic E-state index is 12.4. The number of nitrogens with one attached hydrogen (secondary N) is 1. The molecule has 1 aliphatic carbocycles. The molecule has 1 aliphatic heterocycles. The van der Waals surface area contributed by atoms with Gasteiger partial charge in [-0.25, -0.2) is 0 Å². The summed E-state index contributed by atoms with van der Waals surface area (Å²) < 4.78 is 0. The Morgan fingerprint density at radius 3 is 2.69 bits per heavy atom. The second-order valence-electron chi connectivity index (χ2n) is 6.69. The summed E-state index contributed by atoms with van der Waals surface area (Å²) in [6, 6.07) is 5.34. The van der Waals surface area contributed by atoms with Gasteiger partial charge in [0.05, 0.1) is 22.2 Å². The summed E-state index contributed by atoms with van der Waals surface area (Å²) in [5, 5.41) is 14.6. The smallest absolute Gasteiger partial charge is 0.168 e. The van der Waals surface area contributed by atoms with Crippen molar-refractivity contribution in [1.82, 2.24) is 10.2 Å². The van der Waals surface area contributed by atoms with Crippen LogP contribution in [0.5, 0.6) is 0 Å². The Morgan fingerprint density at radius 1 is 1.23 bits per heavy atom. The van der Waals surface area contributed by atoms with Crippen molar-refractivity contribution in [3.8, 4) is 0 Å². The number of carbonyl (C=O) groups is 1. The summed E-state index contributed by atoms with van der Waals surface area (Å²) in [5.74, 6) is -0.0748. The Kier molecular flexibility index (Phi) is 6.70. The minimum Gasteiger partial charge on any atom is -0.511 e. The average Bonchev–Trinajstić information content (AvgIpc) is 2.63. The van der Waals surface area contributed by atoms with Crippen molar-refractivity contribution in [2.24, 2.45) is 4.99 Å². The van der Waals surface area contributed by atoms with Crippen LogP contribution in [-0.2, 0) is 4.79 Å². The van der Waals surface area contributed by atoms with Gasteiger partial charge in [-0.15, -0.1) is 0 Å². The van der Waals surface area contributed by atoms with Gasteiger partial charge in [-0.1, -0.05) is 29.3 Å². The number of benzene rings is 1. The van der Waals surface area contributed by atoms with Crippen LogP contribution in [0, 0.1) is 0 Å². The first kappa shape index (κ1) is 19.4. The average molecular weight is 396 g/mol. The van der Waals surface area contributed by atoms with E-state index in [1.807, 2.05) is 6.07 Å². The third kappa shape index (κ3) is 4.86. The molecule has 0 spiro atoms. The third-order valence-electron chi connectivity index (χ3n) is 4.87. The fourth-order valence-electron chi connectivity index (χ4n) is 3.35. The Morgan fingerprint density at radius 2 is 2.00 bits per heavy atom. The van der Waals surface area contributed by atoms with Crippen LogP contribution >= 0.6 is 23.2 Å². The lowest BCUT2D eigenvalue weighted by Gasteiger charge is -2.26. The second kappa shape index (κ2) is 9.00. The highest BCUT2D eigenvalue weighted by atomic mass is 35.5. The largest absolute Gasteiger partial charge is 0.511 e. The van der Waals surface area contributed by atoms with Crippen LogP contribution in [0.25, 0.3) is 0 Å². The number of hydrogen-bond donors (Lipinski definition) is 2. The van der Waals surface area contributed by atoms with Crippen LogP contribution in [-0.4, -0.2) is 61.3 Å². The normalized spacial score (nSPS) is 22.4. The van der Waals surface area contributed by atoms with Gasteiger partial charge in [-0.05, 0) is 23.6 Å². The fraction of sp³-hybridized carbons (Fsp3) is 0.474. The third-order valence-corrected chi connectivity index (χ3v) is 5.61. The zero-order valence-corrected chi connectivity index (χ0v) is 16.1. The molecule has 0 radical (unpaired) electrons. The van der Waals surface area contributed by atoms with Gasteiger partial charge in [-0.3, -0.25) is 14.7 Å². The monoisotopic (exact) mass is 395 g/mol. The SMILES string of the molecule is O=C1CC(c2ccc(Cl)c(Cl)c2)CC(O)=C1C=NCCN1CCNCC1. The van der Waals surface area contributed by atoms with Crippen molar-refractivity contribution in [3.63, 3.8) is 0 Å². The van der Waals surface area contributed by atoms with Gasteiger partial charge in [-0.2, -0.15) is 0 Å². The summed E-state index contributed by atoms with van der Waals surface area (Å²) in [6.45, 7) is 5.54. The number of aliphatic hydroxyl groups is 1. The van der Waals surface area contributed by atoms with E-state index in [1.54, 1.807) is 12.1 Å². The predicted molar refractivity (Wildman–Crippen MR) is 106 cm³/mol. The van der Waals surface area contributed by atoms with E-state index < -0.39 is 0 Å². The molecule has 0 amide bonds. The molecular weight excluding hydrogens is 373 g/mol. The fourth-order valence-corrected chi connectivity index (χ4v) is 3.66. The summed E-state index contributed by atoms with van der Waals surface area (Å²) >= 11 is 12.0. The van der Waals surface area contributed by atoms with Gasteiger partial charge < -0.3 is 10.4 Å². The van der Waals surface area contributed by atoms with E-state index in [-0.39, 0.29) is 17.5 Å². The molecule has 1 unspecified atom stereocenters. The molecule has 2 aliphatic rings. The van der Waals surface area contributed by atoms with Crippen molar-refractivity contribution in [2.45, 2.75) is 18.8 Å². The van der Waals surface area contributed by atoms with Gasteiger partial charge in [0, 0.05) is 51.8 Å². The number of halogens is 2. The van der Waals surface area contributed by atoms with E-state index in [9.17, 15) is 9.90 Å². The van der Waals surface area contributed by atoms with E-state index in [0.717, 1.165) is 38.3 Å². The number of rotatable bonds is 5. The van der Waals surface area contributed by atoms with Crippen molar-refractivity contribution < 1.29 is 9.90 Å². The minimum atomic E-state index is -0.0877. The predicted octanol–water partition coefficient (Wildman–Crippen LogP) is 3.23. The van der Waals surface area contributed by atoms with Crippen LogP contribution in [0.3, 0.4) is 0 Å². The lowest BCUT2D eigenvalue weighted by Crippen LogP contribution is -2.44. The number of Topliss-reactive ketones (excluding diaryl/α,β-unsaturated/α-hetero) is 1. The maximum Gasteiger partial charge on any atom is 0.168 e. The number of carbonyl (C=O) groups excluding carboxylic acids is 1. The van der Waals surface area contributed by atoms with Gasteiger partial charge in [0.15, 0.2) is 5.78 Å². The van der Waals surface area contributed by atoms with Gasteiger partial charge in [0.2, 0.25) is 0 Å². The molecule has 3 rings (SSSR count). The molecule has 0 saturated carbocycles. The first-order chi connectivity index (χ1) is 12.5. The van der Waals surface area contributed by atoms with E-state index in [2.05, 4.69) is 15.2 Å². The van der Waals surface area contributed by atoms with E-state index >= 15 is 0 Å². The molecule has 1 aromatic rings. The molecular formula is C19H23Cl2N3O2. The quantitative estimate of drug-likeness (QED) is 0.751. The van der Waals surface area contributed by atoms with Crippen molar-refractivity contribution >= 4 is 35.2 Å². The van der Waals surface area contributed by atoms with E-state index in [4.69, 9.17) is 23.2 Å². The molecule has 2 N–H and O–H groups in total. The Balaban J connectivity index is 1.60. The molecule has 7 heteroatoms. The molecule has 26 heavy (non-hydrogen) atoms. The molecule has 5 nitrogen and oxygen atoms in total. The van der Waals surface area contributed by atoms with Crippen LogP contribution in [0.2, 0.25) is 10.0 Å². The van der Waals surface area contributed by atoms with Gasteiger partial charge in [0.25, 0.3) is 0 Å². The number of nitrogens with zero attached hydrogens (tertiary/aromatic N) is 2. The molecule has 1 atom stereocenters. The zero-order chi connectivity index (χ0) is 18.5. The molecule has 1 aromatic carbocycles. The van der Waals surface area contributed by atoms with Crippen LogP contribution in [0.15, 0.2) is 34.5 Å². The van der Waals surface area contributed by atoms with Gasteiger partial charge >= 0.3 is 0 Å². The number of hydrogen-bond acceptors (Lipinski definition) is 5. The number of aliphatic imine (C=N–C) groups is 1. The highest BCUT2D eigenvalue weighted by Gasteiger charge is 2.28. The molecule has 140 valence electrons. The number of aliphatic hydroxyl groups excluding tert-OH is 1. The van der Waals surface area contributed by atoms with Gasteiger partial charge in [0.1, 0.15) is 5.76 Å². The Labute approximate surface area is 163 Å². The van der Waals surface area contributed by atoms with Crippen molar-refractivity contribution in [1.29, 1.82) is 0 Å². The lowest BCUT2D eigenvalue weighted by molar-refractivity contribution is -0.116. The second-order valence-corrected chi connectivity index (χ2v) is 7.50. The first-order valence-corrected chi connectivity index (χ1v) is 9.63. The Bertz CT molecular complexity index is 727. The number of allylic oxidation sites excluding steroid dienone is 2. The van der Waals surface area contributed by atoms with E-state index in [1.165, 1.54) is 6.21 Å². The molecule has 0 aromatic heterocycles.